The molecule has 1 amide bonds. The second-order valence-corrected chi connectivity index (χ2v) is 8.77. The van der Waals surface area contributed by atoms with Gasteiger partial charge < -0.3 is 19.7 Å². The Hall–Kier alpha value is -2.52. The van der Waals surface area contributed by atoms with Crippen LogP contribution >= 0.6 is 11.3 Å². The first kappa shape index (κ1) is 18.5. The molecule has 0 saturated heterocycles. The molecule has 5 rings (SSSR count). The Morgan fingerprint density at radius 1 is 1.14 bits per heavy atom. The molecule has 1 fully saturated rings. The zero-order valence-electron chi connectivity index (χ0n) is 15.8. The summed E-state index contributed by atoms with van der Waals surface area (Å²) >= 11 is 1.52. The third-order valence-corrected chi connectivity index (χ3v) is 6.84. The molecule has 0 unspecified atom stereocenters. The normalized spacial score (nSPS) is 19.2. The van der Waals surface area contributed by atoms with Crippen molar-refractivity contribution >= 4 is 28.2 Å². The van der Waals surface area contributed by atoms with E-state index in [9.17, 15) is 14.7 Å². The van der Waals surface area contributed by atoms with E-state index in [1.54, 1.807) is 0 Å². The summed E-state index contributed by atoms with van der Waals surface area (Å²) in [6, 6.07) is 0. The monoisotopic (exact) mass is 415 g/mol. The minimum absolute atomic E-state index is 0.000273. The summed E-state index contributed by atoms with van der Waals surface area (Å²) in [5, 5.41) is 17.1. The zero-order chi connectivity index (χ0) is 20.0. The van der Waals surface area contributed by atoms with Crippen LogP contribution in [0.4, 0.5) is 5.00 Å². The summed E-state index contributed by atoms with van der Waals surface area (Å²) in [6.07, 6.45) is 6.44. The van der Waals surface area contributed by atoms with Crippen LogP contribution < -0.4 is 5.32 Å². The predicted octanol–water partition coefficient (Wildman–Crippen LogP) is 3.29. The van der Waals surface area contributed by atoms with Gasteiger partial charge in [0.2, 0.25) is 0 Å². The second-order valence-electron chi connectivity index (χ2n) is 7.67. The fourth-order valence-corrected chi connectivity index (χ4v) is 5.20. The molecule has 2 N–H and O–H groups in total. The molecule has 1 saturated carbocycles. The van der Waals surface area contributed by atoms with E-state index < -0.39 is 11.9 Å². The van der Waals surface area contributed by atoms with Gasteiger partial charge in [0.15, 0.2) is 5.82 Å². The number of fused-ring (bicyclic) bond motifs is 1. The van der Waals surface area contributed by atoms with Gasteiger partial charge in [-0.05, 0) is 44.1 Å². The smallest absolute Gasteiger partial charge is 0.332 e. The number of aliphatic carboxylic acids is 1. The number of nitrogens with zero attached hydrogens (tertiary/aromatic N) is 2. The first-order chi connectivity index (χ1) is 14.1. The lowest BCUT2D eigenvalue weighted by atomic mass is 9.95. The number of anilines is 1. The van der Waals surface area contributed by atoms with Crippen molar-refractivity contribution in [1.82, 2.24) is 10.1 Å². The van der Waals surface area contributed by atoms with E-state index in [4.69, 9.17) is 9.26 Å². The molecular formula is C20H21N3O5S. The van der Waals surface area contributed by atoms with E-state index in [0.29, 0.717) is 23.4 Å². The number of carboxylic acid groups (broad SMARTS) is 1. The molecule has 3 heterocycles. The summed E-state index contributed by atoms with van der Waals surface area (Å²) < 4.78 is 10.9. The summed E-state index contributed by atoms with van der Waals surface area (Å²) in [6.45, 7) is 0.309. The lowest BCUT2D eigenvalue weighted by Gasteiger charge is -2.17. The van der Waals surface area contributed by atoms with Crippen LogP contribution in [-0.2, 0) is 27.2 Å². The molecule has 0 spiro atoms. The van der Waals surface area contributed by atoms with E-state index in [0.717, 1.165) is 55.5 Å². The predicted molar refractivity (Wildman–Crippen MR) is 105 cm³/mol. The number of thiophene rings is 1. The number of rotatable bonds is 5. The number of carbonyl (C=O) groups excluding carboxylic acids is 1. The van der Waals surface area contributed by atoms with Crippen molar-refractivity contribution in [3.05, 3.63) is 27.4 Å². The largest absolute Gasteiger partial charge is 0.478 e. The Bertz CT molecular complexity index is 1020. The third kappa shape index (κ3) is 3.49. The molecule has 9 heteroatoms. The fourth-order valence-electron chi connectivity index (χ4n) is 3.93. The number of hydrogen-bond donors (Lipinski definition) is 2. The van der Waals surface area contributed by atoms with Crippen molar-refractivity contribution in [3.63, 3.8) is 0 Å². The molecule has 2 aromatic rings. The second kappa shape index (κ2) is 7.38. The van der Waals surface area contributed by atoms with Crippen molar-refractivity contribution in [1.29, 1.82) is 0 Å². The maximum Gasteiger partial charge on any atom is 0.332 e. The van der Waals surface area contributed by atoms with E-state index >= 15 is 0 Å². The van der Waals surface area contributed by atoms with Crippen LogP contribution in [0.15, 0.2) is 15.7 Å². The van der Waals surface area contributed by atoms with Crippen molar-refractivity contribution in [3.8, 4) is 11.5 Å². The van der Waals surface area contributed by atoms with Gasteiger partial charge in [-0.15, -0.1) is 11.3 Å². The number of carboxylic acids is 1. The molecule has 29 heavy (non-hydrogen) atoms. The van der Waals surface area contributed by atoms with E-state index in [1.165, 1.54) is 16.2 Å². The zero-order valence-corrected chi connectivity index (χ0v) is 16.6. The Morgan fingerprint density at radius 2 is 1.97 bits per heavy atom. The number of ether oxygens (including phenoxy) is 1. The summed E-state index contributed by atoms with van der Waals surface area (Å²) in [5.74, 6) is 0.0280. The molecule has 0 atom stereocenters. The number of carbonyl (C=O) groups is 2. The van der Waals surface area contributed by atoms with E-state index in [2.05, 4.69) is 15.5 Å². The van der Waals surface area contributed by atoms with Gasteiger partial charge in [-0.2, -0.15) is 4.98 Å². The molecule has 3 aliphatic rings. The quantitative estimate of drug-likeness (QED) is 0.770. The van der Waals surface area contributed by atoms with Crippen molar-refractivity contribution in [2.75, 3.05) is 18.5 Å². The minimum atomic E-state index is -1.07. The summed E-state index contributed by atoms with van der Waals surface area (Å²) in [5.41, 5.74) is 2.25. The van der Waals surface area contributed by atoms with Gasteiger partial charge in [0, 0.05) is 17.2 Å². The number of aromatic nitrogens is 2. The Balaban J connectivity index is 1.51. The number of amides is 1. The highest BCUT2D eigenvalue weighted by Crippen LogP contribution is 2.45. The fraction of sp³-hybridized carbons (Fsp3) is 0.500. The first-order valence-electron chi connectivity index (χ1n) is 9.94. The third-order valence-electron chi connectivity index (χ3n) is 5.64. The van der Waals surface area contributed by atoms with Gasteiger partial charge in [0.1, 0.15) is 5.00 Å². The SMILES string of the molecule is O=C(O)C1=C(C(=O)Nc2sc3c(c2-c2nc(C4CC4)no2)CCCC3)COCC1. The summed E-state index contributed by atoms with van der Waals surface area (Å²) in [4.78, 5) is 30.3. The average molecular weight is 415 g/mol. The topological polar surface area (TPSA) is 115 Å². The molecule has 2 aliphatic carbocycles. The molecule has 0 aromatic carbocycles. The Labute approximate surface area is 170 Å². The van der Waals surface area contributed by atoms with Gasteiger partial charge in [0.25, 0.3) is 11.8 Å². The maximum atomic E-state index is 12.9. The maximum absolute atomic E-state index is 12.9. The highest BCUT2D eigenvalue weighted by molar-refractivity contribution is 7.17. The average Bonchev–Trinajstić information content (AvgIpc) is 3.35. The van der Waals surface area contributed by atoms with Gasteiger partial charge in [-0.25, -0.2) is 4.79 Å². The molecule has 1 aliphatic heterocycles. The van der Waals surface area contributed by atoms with Crippen LogP contribution in [-0.4, -0.2) is 40.3 Å². The molecule has 8 nitrogen and oxygen atoms in total. The van der Waals surface area contributed by atoms with E-state index in [-0.39, 0.29) is 24.2 Å². The Morgan fingerprint density at radius 3 is 2.76 bits per heavy atom. The van der Waals surface area contributed by atoms with Crippen LogP contribution in [0.5, 0.6) is 0 Å². The standard InChI is InChI=1S/C20H21N3O5S/c24-17(13-9-27-8-7-11(13)20(25)26)22-19-15(12-3-1-2-4-14(12)29-19)18-21-16(23-28-18)10-5-6-10/h10H,1-9H2,(H,22,24)(H,25,26). The lowest BCUT2D eigenvalue weighted by molar-refractivity contribution is -0.133. The van der Waals surface area contributed by atoms with Gasteiger partial charge in [0.05, 0.1) is 29.9 Å². The van der Waals surface area contributed by atoms with Gasteiger partial charge in [-0.3, -0.25) is 4.79 Å². The number of aryl methyl sites for hydroxylation is 1. The number of nitrogens with one attached hydrogen (secondary N) is 1. The van der Waals surface area contributed by atoms with Crippen LogP contribution in [0.2, 0.25) is 0 Å². The molecule has 0 radical (unpaired) electrons. The summed E-state index contributed by atoms with van der Waals surface area (Å²) in [7, 11) is 0. The van der Waals surface area contributed by atoms with Crippen molar-refractivity contribution in [2.24, 2.45) is 0 Å². The molecule has 152 valence electrons. The van der Waals surface area contributed by atoms with Gasteiger partial charge >= 0.3 is 5.97 Å². The van der Waals surface area contributed by atoms with Crippen LogP contribution in [0, 0.1) is 0 Å². The van der Waals surface area contributed by atoms with Crippen LogP contribution in [0.1, 0.15) is 54.3 Å². The van der Waals surface area contributed by atoms with Crippen LogP contribution in [0.3, 0.4) is 0 Å². The van der Waals surface area contributed by atoms with E-state index in [1.807, 2.05) is 0 Å². The van der Waals surface area contributed by atoms with Gasteiger partial charge in [-0.1, -0.05) is 5.16 Å². The van der Waals surface area contributed by atoms with Crippen molar-refractivity contribution in [2.45, 2.75) is 50.9 Å². The highest BCUT2D eigenvalue weighted by Gasteiger charge is 2.32. The first-order valence-corrected chi connectivity index (χ1v) is 10.8. The minimum Gasteiger partial charge on any atom is -0.478 e. The number of hydrogen-bond acceptors (Lipinski definition) is 7. The molecule has 2 aromatic heterocycles. The highest BCUT2D eigenvalue weighted by atomic mass is 32.1. The Kier molecular flexibility index (Phi) is 4.71. The molecule has 0 bridgehead atoms. The lowest BCUT2D eigenvalue weighted by Crippen LogP contribution is -2.26. The van der Waals surface area contributed by atoms with Crippen molar-refractivity contribution < 1.29 is 24.0 Å². The molecular weight excluding hydrogens is 394 g/mol. The van der Waals surface area contributed by atoms with Crippen LogP contribution in [0.25, 0.3) is 11.5 Å².